The van der Waals surface area contributed by atoms with Crippen molar-refractivity contribution in [2.24, 2.45) is 4.85 Å². The van der Waals surface area contributed by atoms with Gasteiger partial charge in [0, 0.05) is 35.0 Å². The molecule has 1 heterocycles. The summed E-state index contributed by atoms with van der Waals surface area (Å²) < 4.78 is 0. The van der Waals surface area contributed by atoms with Crippen molar-refractivity contribution in [3.63, 3.8) is 0 Å². The van der Waals surface area contributed by atoms with Crippen LogP contribution in [0.2, 0.25) is 0 Å². The molecule has 0 aromatic carbocycles. The molecule has 1 fully saturated rings. The van der Waals surface area contributed by atoms with Gasteiger partial charge in [-0.2, -0.15) is 9.86 Å². The molecule has 0 bridgehead atoms. The largest absolute Gasteiger partial charge is 0.300 e. The fourth-order valence-electron chi connectivity index (χ4n) is 0.844. The maximum atomic E-state index is 10.6. The fourth-order valence-corrected chi connectivity index (χ4v) is 1.04. The Morgan fingerprint density at radius 2 is 2.00 bits per heavy atom. The number of piperidine rings is 1. The number of nitrogens with zero attached hydrogens (tertiary/aromatic N) is 2. The van der Waals surface area contributed by atoms with E-state index in [9.17, 15) is 4.79 Å². The van der Waals surface area contributed by atoms with E-state index in [-0.39, 0.29) is 0 Å². The zero-order chi connectivity index (χ0) is 6.69. The summed E-state index contributed by atoms with van der Waals surface area (Å²) in [5, 5.41) is 1.85. The molecule has 0 spiro atoms. The van der Waals surface area contributed by atoms with Crippen LogP contribution in [0.5, 0.6) is 0 Å². The van der Waals surface area contributed by atoms with Crippen LogP contribution in [0.3, 0.4) is 0 Å². The van der Waals surface area contributed by atoms with E-state index >= 15 is 0 Å². The Bertz CT molecular complexity index is 127. The summed E-state index contributed by atoms with van der Waals surface area (Å²) in [5.41, 5.74) is 0. The SMILES string of the molecule is O=C1CCN(N=P)CC1. The summed E-state index contributed by atoms with van der Waals surface area (Å²) in [7, 11) is 3.02. The van der Waals surface area contributed by atoms with Crippen molar-refractivity contribution in [2.45, 2.75) is 12.8 Å². The quantitative estimate of drug-likeness (QED) is 0.512. The lowest BCUT2D eigenvalue weighted by Gasteiger charge is -2.18. The molecule has 0 amide bonds. The average Bonchev–Trinajstić information content (AvgIpc) is 1.90. The van der Waals surface area contributed by atoms with Crippen molar-refractivity contribution in [3.8, 4) is 0 Å². The molecule has 1 aliphatic heterocycles. The van der Waals surface area contributed by atoms with E-state index in [1.54, 1.807) is 0 Å². The highest BCUT2D eigenvalue weighted by Gasteiger charge is 2.13. The third-order valence-corrected chi connectivity index (χ3v) is 1.72. The van der Waals surface area contributed by atoms with Crippen LogP contribution in [-0.4, -0.2) is 23.9 Å². The van der Waals surface area contributed by atoms with Crippen molar-refractivity contribution in [3.05, 3.63) is 0 Å². The Balaban J connectivity index is 2.34. The zero-order valence-corrected chi connectivity index (χ0v) is 6.13. The monoisotopic (exact) mass is 144 g/mol. The number of hydrogen-bond donors (Lipinski definition) is 0. The predicted molar refractivity (Wildman–Crippen MR) is 36.6 cm³/mol. The van der Waals surface area contributed by atoms with E-state index in [4.69, 9.17) is 0 Å². The lowest BCUT2D eigenvalue weighted by atomic mass is 10.1. The molecule has 0 aromatic rings. The molecule has 0 N–H and O–H groups in total. The van der Waals surface area contributed by atoms with Gasteiger partial charge in [0.1, 0.15) is 5.78 Å². The molecule has 1 aliphatic rings. The van der Waals surface area contributed by atoms with E-state index in [0.29, 0.717) is 18.6 Å². The second-order valence-electron chi connectivity index (χ2n) is 2.09. The Labute approximate surface area is 56.3 Å². The summed E-state index contributed by atoms with van der Waals surface area (Å²) in [5.74, 6) is 0.349. The highest BCUT2D eigenvalue weighted by Crippen LogP contribution is 2.05. The van der Waals surface area contributed by atoms with Gasteiger partial charge >= 0.3 is 0 Å². The zero-order valence-electron chi connectivity index (χ0n) is 5.13. The molecule has 0 radical (unpaired) electrons. The van der Waals surface area contributed by atoms with Gasteiger partial charge in [0.2, 0.25) is 0 Å². The molecular weight excluding hydrogens is 135 g/mol. The maximum absolute atomic E-state index is 10.6. The normalized spacial score (nSPS) is 22.0. The van der Waals surface area contributed by atoms with E-state index in [1.165, 1.54) is 0 Å². The molecule has 0 saturated carbocycles. The van der Waals surface area contributed by atoms with Gasteiger partial charge in [-0.1, -0.05) is 0 Å². The molecule has 0 atom stereocenters. The molecule has 4 heteroatoms. The summed E-state index contributed by atoms with van der Waals surface area (Å²) >= 11 is 0. The van der Waals surface area contributed by atoms with Crippen molar-refractivity contribution >= 4 is 14.8 Å². The van der Waals surface area contributed by atoms with Crippen LogP contribution < -0.4 is 0 Å². The predicted octanol–water partition coefficient (Wildman–Crippen LogP) is 0.893. The molecule has 1 saturated heterocycles. The van der Waals surface area contributed by atoms with E-state index in [1.807, 2.05) is 5.01 Å². The lowest BCUT2D eigenvalue weighted by molar-refractivity contribution is -0.121. The highest BCUT2D eigenvalue weighted by atomic mass is 31.0. The topological polar surface area (TPSA) is 32.7 Å². The number of Topliss-reactive ketones (excluding diaryl/α,β-unsaturated/α-hetero) is 1. The number of carbonyl (C=O) groups is 1. The van der Waals surface area contributed by atoms with Crippen LogP contribution in [0.4, 0.5) is 0 Å². The first-order valence-corrected chi connectivity index (χ1v) is 3.41. The fraction of sp³-hybridized carbons (Fsp3) is 0.800. The molecule has 3 nitrogen and oxygen atoms in total. The summed E-state index contributed by atoms with van der Waals surface area (Å²) in [6.45, 7) is 1.53. The molecular formula is C5H9N2OP. The van der Waals surface area contributed by atoms with Gasteiger partial charge < -0.3 is 0 Å². The lowest BCUT2D eigenvalue weighted by Crippen LogP contribution is -2.28. The maximum Gasteiger partial charge on any atom is 0.135 e. The minimum atomic E-state index is 0.349. The minimum Gasteiger partial charge on any atom is -0.300 e. The summed E-state index contributed by atoms with van der Waals surface area (Å²) in [6.07, 6.45) is 1.29. The highest BCUT2D eigenvalue weighted by molar-refractivity contribution is 7.03. The van der Waals surface area contributed by atoms with Crippen molar-refractivity contribution < 1.29 is 4.79 Å². The van der Waals surface area contributed by atoms with E-state index < -0.39 is 0 Å². The van der Waals surface area contributed by atoms with E-state index in [2.05, 4.69) is 13.9 Å². The van der Waals surface area contributed by atoms with Crippen LogP contribution in [0, 0.1) is 0 Å². The standard InChI is InChI=1S/C5H9N2OP/c8-5-1-3-7(6-9)4-2-5/h9H,1-4H2. The molecule has 50 valence electrons. The Morgan fingerprint density at radius 3 is 2.44 bits per heavy atom. The Morgan fingerprint density at radius 1 is 1.44 bits per heavy atom. The summed E-state index contributed by atoms with van der Waals surface area (Å²) in [6, 6.07) is 0. The van der Waals surface area contributed by atoms with E-state index in [0.717, 1.165) is 13.1 Å². The second-order valence-corrected chi connectivity index (χ2v) is 2.29. The van der Waals surface area contributed by atoms with Gasteiger partial charge in [0.25, 0.3) is 0 Å². The second kappa shape index (κ2) is 3.04. The van der Waals surface area contributed by atoms with Crippen molar-refractivity contribution in [1.29, 1.82) is 0 Å². The molecule has 0 aromatic heterocycles. The van der Waals surface area contributed by atoms with Crippen molar-refractivity contribution in [2.75, 3.05) is 13.1 Å². The number of carbonyl (C=O) groups excluding carboxylic acids is 1. The number of hydrogen-bond acceptors (Lipinski definition) is 2. The molecule has 0 aliphatic carbocycles. The molecule has 1 rings (SSSR count). The van der Waals surface area contributed by atoms with Gasteiger partial charge in [-0.05, 0) is 0 Å². The van der Waals surface area contributed by atoms with Crippen LogP contribution in [0.15, 0.2) is 4.85 Å². The third-order valence-electron chi connectivity index (χ3n) is 1.44. The first-order valence-electron chi connectivity index (χ1n) is 2.97. The van der Waals surface area contributed by atoms with Crippen LogP contribution in [0.25, 0.3) is 0 Å². The molecule has 9 heavy (non-hydrogen) atoms. The number of ketones is 1. The Kier molecular flexibility index (Phi) is 2.31. The summed E-state index contributed by atoms with van der Waals surface area (Å²) in [4.78, 5) is 14.4. The van der Waals surface area contributed by atoms with Crippen LogP contribution in [-0.2, 0) is 4.79 Å². The van der Waals surface area contributed by atoms with Gasteiger partial charge in [-0.25, -0.2) is 0 Å². The van der Waals surface area contributed by atoms with Gasteiger partial charge in [-0.3, -0.25) is 4.79 Å². The first kappa shape index (κ1) is 6.84. The smallest absolute Gasteiger partial charge is 0.135 e. The first-order chi connectivity index (χ1) is 4.33. The van der Waals surface area contributed by atoms with Gasteiger partial charge in [0.15, 0.2) is 0 Å². The third kappa shape index (κ3) is 1.84. The van der Waals surface area contributed by atoms with Crippen molar-refractivity contribution in [1.82, 2.24) is 5.01 Å². The van der Waals surface area contributed by atoms with Gasteiger partial charge in [-0.15, -0.1) is 0 Å². The average molecular weight is 144 g/mol. The number of rotatable bonds is 1. The minimum absolute atomic E-state index is 0.349. The Hall–Kier alpha value is -0.270. The van der Waals surface area contributed by atoms with Crippen LogP contribution >= 0.6 is 9.03 Å². The molecule has 0 unspecified atom stereocenters. The van der Waals surface area contributed by atoms with Gasteiger partial charge in [0.05, 0.1) is 0 Å². The van der Waals surface area contributed by atoms with Crippen LogP contribution in [0.1, 0.15) is 12.8 Å².